The number of hydrogen-bond acceptors (Lipinski definition) is 5. The van der Waals surface area contributed by atoms with Crippen LogP contribution in [0, 0.1) is 0 Å². The lowest BCUT2D eigenvalue weighted by molar-refractivity contribution is -0.116. The standard InChI is InChI=1S/C17H19BrN2O5S/c1-20(11-17(21)19-13-6-4-12(18)5-7-13)26(22,23)16-10-14(24-2)8-9-15(16)25-3/h4-10H,11H2,1-3H3,(H,19,21). The molecule has 0 saturated carbocycles. The predicted molar refractivity (Wildman–Crippen MR) is 102 cm³/mol. The zero-order valence-electron chi connectivity index (χ0n) is 14.5. The molecule has 0 radical (unpaired) electrons. The number of rotatable bonds is 7. The molecule has 2 aromatic rings. The van der Waals surface area contributed by atoms with Gasteiger partial charge in [-0.05, 0) is 36.4 Å². The number of sulfonamides is 1. The number of hydrogen-bond donors (Lipinski definition) is 1. The van der Waals surface area contributed by atoms with Gasteiger partial charge >= 0.3 is 0 Å². The summed E-state index contributed by atoms with van der Waals surface area (Å²) in [5, 5.41) is 2.65. The number of benzene rings is 2. The van der Waals surface area contributed by atoms with Gasteiger partial charge in [0.1, 0.15) is 16.4 Å². The first-order valence-electron chi connectivity index (χ1n) is 7.51. The number of methoxy groups -OCH3 is 2. The second-order valence-electron chi connectivity index (χ2n) is 5.33. The summed E-state index contributed by atoms with van der Waals surface area (Å²) in [6.45, 7) is -0.348. The summed E-state index contributed by atoms with van der Waals surface area (Å²) in [5.41, 5.74) is 0.572. The van der Waals surface area contributed by atoms with Gasteiger partial charge in [-0.25, -0.2) is 8.42 Å². The van der Waals surface area contributed by atoms with Crippen molar-refractivity contribution in [1.82, 2.24) is 4.31 Å². The molecule has 0 aliphatic heterocycles. The molecule has 0 fully saturated rings. The van der Waals surface area contributed by atoms with E-state index in [0.717, 1.165) is 8.78 Å². The topological polar surface area (TPSA) is 84.9 Å². The van der Waals surface area contributed by atoms with Gasteiger partial charge in [-0.1, -0.05) is 15.9 Å². The Labute approximate surface area is 161 Å². The van der Waals surface area contributed by atoms with Crippen LogP contribution in [0.25, 0.3) is 0 Å². The average Bonchev–Trinajstić information content (AvgIpc) is 2.62. The summed E-state index contributed by atoms with van der Waals surface area (Å²) in [5.74, 6) is 0.0864. The Hall–Kier alpha value is -2.10. The van der Waals surface area contributed by atoms with Gasteiger partial charge in [0.2, 0.25) is 15.9 Å². The zero-order valence-corrected chi connectivity index (χ0v) is 16.9. The lowest BCUT2D eigenvalue weighted by atomic mass is 10.3. The molecule has 26 heavy (non-hydrogen) atoms. The predicted octanol–water partition coefficient (Wildman–Crippen LogP) is 2.73. The number of ether oxygens (including phenoxy) is 2. The monoisotopic (exact) mass is 442 g/mol. The van der Waals surface area contributed by atoms with Gasteiger partial charge < -0.3 is 14.8 Å². The van der Waals surface area contributed by atoms with Gasteiger partial charge in [0.25, 0.3) is 0 Å². The van der Waals surface area contributed by atoms with Gasteiger partial charge in [0, 0.05) is 23.3 Å². The van der Waals surface area contributed by atoms with Gasteiger partial charge in [-0.15, -0.1) is 0 Å². The van der Waals surface area contributed by atoms with Crippen LogP contribution < -0.4 is 14.8 Å². The third-order valence-corrected chi connectivity index (χ3v) is 5.91. The van der Waals surface area contributed by atoms with Crippen molar-refractivity contribution in [2.24, 2.45) is 0 Å². The van der Waals surface area contributed by atoms with Crippen molar-refractivity contribution in [3.05, 3.63) is 46.9 Å². The van der Waals surface area contributed by atoms with Crippen LogP contribution in [0.2, 0.25) is 0 Å². The third-order valence-electron chi connectivity index (χ3n) is 3.55. The van der Waals surface area contributed by atoms with Crippen LogP contribution in [-0.2, 0) is 14.8 Å². The fourth-order valence-electron chi connectivity index (χ4n) is 2.17. The molecular formula is C17H19BrN2O5S. The highest BCUT2D eigenvalue weighted by Crippen LogP contribution is 2.30. The molecule has 0 heterocycles. The SMILES string of the molecule is COc1ccc(OC)c(S(=O)(=O)N(C)CC(=O)Nc2ccc(Br)cc2)c1. The highest BCUT2D eigenvalue weighted by molar-refractivity contribution is 9.10. The molecule has 0 aliphatic carbocycles. The summed E-state index contributed by atoms with van der Waals surface area (Å²) in [6, 6.07) is 11.4. The van der Waals surface area contributed by atoms with E-state index in [4.69, 9.17) is 9.47 Å². The first kappa shape index (κ1) is 20.2. The second-order valence-corrected chi connectivity index (χ2v) is 8.26. The van der Waals surface area contributed by atoms with Crippen LogP contribution in [0.1, 0.15) is 0 Å². The molecule has 0 spiro atoms. The zero-order chi connectivity index (χ0) is 19.3. The molecule has 0 atom stereocenters. The molecule has 7 nitrogen and oxygen atoms in total. The number of nitrogens with zero attached hydrogens (tertiary/aromatic N) is 1. The molecule has 0 aromatic heterocycles. The van der Waals surface area contributed by atoms with Gasteiger partial charge in [-0.3, -0.25) is 4.79 Å². The summed E-state index contributed by atoms with van der Waals surface area (Å²) in [4.78, 5) is 12.1. The molecule has 1 N–H and O–H groups in total. The minimum absolute atomic E-state index is 0.0710. The van der Waals surface area contributed by atoms with Crippen LogP contribution in [0.3, 0.4) is 0 Å². The molecule has 1 amide bonds. The van der Waals surface area contributed by atoms with E-state index in [-0.39, 0.29) is 17.2 Å². The van der Waals surface area contributed by atoms with Crippen LogP contribution in [0.5, 0.6) is 11.5 Å². The Morgan fingerprint density at radius 1 is 1.12 bits per heavy atom. The van der Waals surface area contributed by atoms with Crippen LogP contribution in [0.15, 0.2) is 51.8 Å². The Balaban J connectivity index is 2.18. The Bertz CT molecular complexity index is 885. The number of anilines is 1. The largest absolute Gasteiger partial charge is 0.497 e. The van der Waals surface area contributed by atoms with E-state index in [9.17, 15) is 13.2 Å². The summed E-state index contributed by atoms with van der Waals surface area (Å²) >= 11 is 3.31. The number of carbonyl (C=O) groups is 1. The van der Waals surface area contributed by atoms with E-state index >= 15 is 0 Å². The van der Waals surface area contributed by atoms with E-state index in [1.165, 1.54) is 33.4 Å². The average molecular weight is 443 g/mol. The van der Waals surface area contributed by atoms with Crippen LogP contribution >= 0.6 is 15.9 Å². The number of likely N-dealkylation sites (N-methyl/N-ethyl adjacent to an activating group) is 1. The van der Waals surface area contributed by atoms with Crippen molar-refractivity contribution < 1.29 is 22.7 Å². The molecular weight excluding hydrogens is 424 g/mol. The van der Waals surface area contributed by atoms with Crippen molar-refractivity contribution in [1.29, 1.82) is 0 Å². The maximum Gasteiger partial charge on any atom is 0.247 e. The molecule has 2 rings (SSSR count). The normalized spacial score (nSPS) is 11.3. The van der Waals surface area contributed by atoms with E-state index in [1.54, 1.807) is 30.3 Å². The summed E-state index contributed by atoms with van der Waals surface area (Å²) in [6.07, 6.45) is 0. The lowest BCUT2D eigenvalue weighted by Crippen LogP contribution is -2.35. The van der Waals surface area contributed by atoms with Crippen molar-refractivity contribution >= 4 is 37.5 Å². The van der Waals surface area contributed by atoms with Crippen molar-refractivity contribution in [2.45, 2.75) is 4.90 Å². The minimum atomic E-state index is -3.95. The van der Waals surface area contributed by atoms with E-state index in [0.29, 0.717) is 11.4 Å². The number of carbonyl (C=O) groups excluding carboxylic acids is 1. The van der Waals surface area contributed by atoms with Gasteiger partial charge in [-0.2, -0.15) is 4.31 Å². The summed E-state index contributed by atoms with van der Waals surface area (Å²) in [7, 11) is 0.195. The first-order chi connectivity index (χ1) is 12.3. The second kappa shape index (κ2) is 8.52. The van der Waals surface area contributed by atoms with Crippen molar-refractivity contribution in [3.63, 3.8) is 0 Å². The Kier molecular flexibility index (Phi) is 6.63. The fourth-order valence-corrected chi connectivity index (χ4v) is 3.73. The summed E-state index contributed by atoms with van der Waals surface area (Å²) < 4.78 is 37.7. The number of halogens is 1. The smallest absolute Gasteiger partial charge is 0.247 e. The number of amides is 1. The number of nitrogens with one attached hydrogen (secondary N) is 1. The van der Waals surface area contributed by atoms with Gasteiger partial charge in [0.05, 0.1) is 20.8 Å². The quantitative estimate of drug-likeness (QED) is 0.712. The molecule has 140 valence electrons. The molecule has 2 aromatic carbocycles. The maximum atomic E-state index is 12.8. The molecule has 0 saturated heterocycles. The van der Waals surface area contributed by atoms with Crippen LogP contribution in [-0.4, -0.2) is 46.4 Å². The van der Waals surface area contributed by atoms with E-state index in [2.05, 4.69) is 21.2 Å². The maximum absolute atomic E-state index is 12.8. The van der Waals surface area contributed by atoms with Crippen molar-refractivity contribution in [3.8, 4) is 11.5 Å². The Morgan fingerprint density at radius 2 is 1.77 bits per heavy atom. The molecule has 0 unspecified atom stereocenters. The minimum Gasteiger partial charge on any atom is -0.497 e. The highest BCUT2D eigenvalue weighted by Gasteiger charge is 2.27. The third kappa shape index (κ3) is 4.75. The van der Waals surface area contributed by atoms with E-state index in [1.807, 2.05) is 0 Å². The fraction of sp³-hybridized carbons (Fsp3) is 0.235. The van der Waals surface area contributed by atoms with Crippen molar-refractivity contribution in [2.75, 3.05) is 33.1 Å². The highest BCUT2D eigenvalue weighted by atomic mass is 79.9. The first-order valence-corrected chi connectivity index (χ1v) is 9.75. The van der Waals surface area contributed by atoms with Gasteiger partial charge in [0.15, 0.2) is 0 Å². The van der Waals surface area contributed by atoms with Crippen LogP contribution in [0.4, 0.5) is 5.69 Å². The van der Waals surface area contributed by atoms with E-state index < -0.39 is 15.9 Å². The molecule has 9 heteroatoms. The molecule has 0 bridgehead atoms. The Morgan fingerprint density at radius 3 is 2.35 bits per heavy atom. The lowest BCUT2D eigenvalue weighted by Gasteiger charge is -2.19. The molecule has 0 aliphatic rings.